The van der Waals surface area contributed by atoms with E-state index in [0.29, 0.717) is 17.4 Å². The normalized spacial score (nSPS) is 14.7. The number of nitrogens with one attached hydrogen (secondary N) is 1. The van der Waals surface area contributed by atoms with Gasteiger partial charge in [-0.05, 0) is 0 Å². The molecule has 0 amide bonds. The predicted molar refractivity (Wildman–Crippen MR) is 36.9 cm³/mol. The van der Waals surface area contributed by atoms with Crippen LogP contribution in [0.15, 0.2) is 22.5 Å². The summed E-state index contributed by atoms with van der Waals surface area (Å²) < 4.78 is 0. The molecule has 0 atom stereocenters. The Morgan fingerprint density at radius 3 is 3.27 bits per heavy atom. The summed E-state index contributed by atoms with van der Waals surface area (Å²) in [5, 5.41) is 7.87. The maximum atomic E-state index is 7.20. The highest BCUT2D eigenvalue weighted by molar-refractivity contribution is 5.82. The molecule has 1 aliphatic heterocycles. The summed E-state index contributed by atoms with van der Waals surface area (Å²) in [7, 11) is 0. The highest BCUT2D eigenvalue weighted by Gasteiger charge is 1.99. The van der Waals surface area contributed by atoms with Crippen molar-refractivity contribution in [3.8, 4) is 0 Å². The van der Waals surface area contributed by atoms with Crippen LogP contribution in [0.4, 0.5) is 0 Å². The lowest BCUT2D eigenvalue weighted by Gasteiger charge is -1.96. The Bertz CT molecular complexity index is 407. The molecular formula is C6H5N5. The fourth-order valence-electron chi connectivity index (χ4n) is 0.837. The van der Waals surface area contributed by atoms with Crippen LogP contribution in [0.5, 0.6) is 0 Å². The maximum absolute atomic E-state index is 7.20. The van der Waals surface area contributed by atoms with E-state index < -0.39 is 0 Å². The number of hydrogen-bond donors (Lipinski definition) is 1. The Balaban J connectivity index is 2.83. The zero-order valence-electron chi connectivity index (χ0n) is 5.65. The third-order valence-corrected chi connectivity index (χ3v) is 1.31. The van der Waals surface area contributed by atoms with E-state index in [1.54, 1.807) is 6.20 Å². The van der Waals surface area contributed by atoms with Gasteiger partial charge in [0.1, 0.15) is 17.5 Å². The molecule has 1 aliphatic rings. The van der Waals surface area contributed by atoms with Gasteiger partial charge < -0.3 is 0 Å². The highest BCUT2D eigenvalue weighted by Crippen LogP contribution is 1.77. The zero-order valence-corrected chi connectivity index (χ0v) is 5.65. The summed E-state index contributed by atoms with van der Waals surface area (Å²) in [6, 6.07) is 0. The van der Waals surface area contributed by atoms with Gasteiger partial charge in [-0.15, -0.1) is 0 Å². The molecule has 2 rings (SSSR count). The van der Waals surface area contributed by atoms with E-state index in [1.807, 2.05) is 0 Å². The van der Waals surface area contributed by atoms with Crippen LogP contribution in [0.2, 0.25) is 0 Å². The minimum Gasteiger partial charge on any atom is -0.285 e. The van der Waals surface area contributed by atoms with Gasteiger partial charge in [-0.3, -0.25) is 10.4 Å². The largest absolute Gasteiger partial charge is 0.285 e. The van der Waals surface area contributed by atoms with Crippen molar-refractivity contribution in [3.05, 3.63) is 23.4 Å². The molecule has 0 bridgehead atoms. The van der Waals surface area contributed by atoms with E-state index in [1.165, 1.54) is 6.33 Å². The molecule has 0 saturated heterocycles. The standard InChI is InChI=1S/C6H5N5/c7-5-2-9-4-1-8-3-10-6(4)11-5/h1,3,7H,2H2. The van der Waals surface area contributed by atoms with Crippen LogP contribution in [0.1, 0.15) is 0 Å². The molecule has 0 unspecified atom stereocenters. The van der Waals surface area contributed by atoms with E-state index in [9.17, 15) is 0 Å². The molecule has 0 saturated carbocycles. The third kappa shape index (κ3) is 1.000. The first-order valence-electron chi connectivity index (χ1n) is 3.13. The fraction of sp³-hybridized carbons (Fsp3) is 0.167. The lowest BCUT2D eigenvalue weighted by atomic mass is 10.5. The second-order valence-corrected chi connectivity index (χ2v) is 2.11. The smallest absolute Gasteiger partial charge is 0.182 e. The van der Waals surface area contributed by atoms with Gasteiger partial charge in [0.2, 0.25) is 0 Å². The van der Waals surface area contributed by atoms with E-state index in [2.05, 4.69) is 20.0 Å². The van der Waals surface area contributed by atoms with Crippen LogP contribution in [-0.4, -0.2) is 22.3 Å². The van der Waals surface area contributed by atoms with Gasteiger partial charge >= 0.3 is 0 Å². The Hall–Kier alpha value is -1.65. The van der Waals surface area contributed by atoms with Gasteiger partial charge in [-0.2, -0.15) is 0 Å². The van der Waals surface area contributed by atoms with Gasteiger partial charge in [-0.1, -0.05) is 0 Å². The first-order valence-corrected chi connectivity index (χ1v) is 3.13. The molecule has 0 spiro atoms. The molecule has 0 aromatic carbocycles. The number of nitrogens with zero attached hydrogens (tertiary/aromatic N) is 4. The van der Waals surface area contributed by atoms with Gasteiger partial charge in [0.15, 0.2) is 5.49 Å². The summed E-state index contributed by atoms with van der Waals surface area (Å²) in [5.74, 6) is 0.246. The van der Waals surface area contributed by atoms with Crippen LogP contribution in [-0.2, 0) is 0 Å². The SMILES string of the molecule is N=C1CN=c2cncnc2=N1. The van der Waals surface area contributed by atoms with Gasteiger partial charge in [-0.25, -0.2) is 15.0 Å². The van der Waals surface area contributed by atoms with Gasteiger partial charge in [0.25, 0.3) is 0 Å². The number of rotatable bonds is 0. The topological polar surface area (TPSA) is 74.3 Å². The molecule has 0 aliphatic carbocycles. The van der Waals surface area contributed by atoms with Crippen molar-refractivity contribution < 1.29 is 0 Å². The minimum absolute atomic E-state index is 0.246. The summed E-state index contributed by atoms with van der Waals surface area (Å²) in [5.41, 5.74) is 0.497. The molecule has 11 heavy (non-hydrogen) atoms. The predicted octanol–water partition coefficient (Wildman–Crippen LogP) is -1.29. The monoisotopic (exact) mass is 147 g/mol. The van der Waals surface area contributed by atoms with Gasteiger partial charge in [0.05, 0.1) is 12.7 Å². The third-order valence-electron chi connectivity index (χ3n) is 1.31. The number of hydrogen-bond acceptors (Lipinski definition) is 4. The summed E-state index contributed by atoms with van der Waals surface area (Å²) in [4.78, 5) is 15.6. The molecule has 0 radical (unpaired) electrons. The summed E-state index contributed by atoms with van der Waals surface area (Å²) in [6.07, 6.45) is 2.99. The van der Waals surface area contributed by atoms with Crippen molar-refractivity contribution in [3.63, 3.8) is 0 Å². The lowest BCUT2D eigenvalue weighted by Crippen LogP contribution is -2.34. The van der Waals surface area contributed by atoms with Crippen LogP contribution in [0, 0.1) is 5.41 Å². The van der Waals surface area contributed by atoms with Crippen molar-refractivity contribution in [1.82, 2.24) is 9.97 Å². The second kappa shape index (κ2) is 2.19. The lowest BCUT2D eigenvalue weighted by molar-refractivity contribution is 0.955. The summed E-state index contributed by atoms with van der Waals surface area (Å²) >= 11 is 0. The molecule has 5 heteroatoms. The minimum atomic E-state index is 0.246. The van der Waals surface area contributed by atoms with Gasteiger partial charge in [0, 0.05) is 0 Å². The van der Waals surface area contributed by atoms with Crippen molar-refractivity contribution in [1.29, 1.82) is 5.41 Å². The number of amidine groups is 1. The van der Waals surface area contributed by atoms with Crippen LogP contribution < -0.4 is 10.8 Å². The van der Waals surface area contributed by atoms with Crippen LogP contribution in [0.3, 0.4) is 0 Å². The van der Waals surface area contributed by atoms with Crippen molar-refractivity contribution in [2.24, 2.45) is 9.98 Å². The molecule has 1 aromatic rings. The molecular weight excluding hydrogens is 142 g/mol. The van der Waals surface area contributed by atoms with E-state index >= 15 is 0 Å². The van der Waals surface area contributed by atoms with E-state index in [0.717, 1.165) is 0 Å². The van der Waals surface area contributed by atoms with E-state index in [-0.39, 0.29) is 5.84 Å². The first kappa shape index (κ1) is 6.09. The van der Waals surface area contributed by atoms with Crippen LogP contribution in [0.25, 0.3) is 0 Å². The Kier molecular flexibility index (Phi) is 1.21. The quantitative estimate of drug-likeness (QED) is 0.495. The van der Waals surface area contributed by atoms with Crippen LogP contribution >= 0.6 is 0 Å². The Morgan fingerprint density at radius 2 is 2.36 bits per heavy atom. The average Bonchev–Trinajstić information content (AvgIpc) is 2.04. The van der Waals surface area contributed by atoms with Crippen molar-refractivity contribution >= 4 is 5.84 Å². The zero-order chi connectivity index (χ0) is 7.68. The second-order valence-electron chi connectivity index (χ2n) is 2.11. The molecule has 1 aromatic heterocycles. The molecule has 54 valence electrons. The summed E-state index contributed by atoms with van der Waals surface area (Å²) in [6.45, 7) is 0.334. The molecule has 0 fully saturated rings. The Morgan fingerprint density at radius 1 is 1.45 bits per heavy atom. The number of aromatic nitrogens is 2. The van der Waals surface area contributed by atoms with E-state index in [4.69, 9.17) is 5.41 Å². The fourth-order valence-corrected chi connectivity index (χ4v) is 0.837. The maximum Gasteiger partial charge on any atom is 0.182 e. The number of fused-ring (bicyclic) bond motifs is 1. The van der Waals surface area contributed by atoms with Crippen molar-refractivity contribution in [2.75, 3.05) is 6.54 Å². The average molecular weight is 147 g/mol. The highest BCUT2D eigenvalue weighted by atomic mass is 15.0. The molecule has 2 heterocycles. The molecule has 1 N–H and O–H groups in total. The molecule has 5 nitrogen and oxygen atoms in total. The first-order chi connectivity index (χ1) is 5.36. The Labute approximate surface area is 62.1 Å². The van der Waals surface area contributed by atoms with Crippen molar-refractivity contribution in [2.45, 2.75) is 0 Å².